The van der Waals surface area contributed by atoms with E-state index in [0.717, 1.165) is 6.07 Å². The molecule has 9 heteroatoms. The highest BCUT2D eigenvalue weighted by atomic mass is 19.1. The average molecular weight is 480 g/mol. The molecule has 2 heterocycles. The number of pyridine rings is 1. The molecule has 7 nitrogen and oxygen atoms in total. The molecule has 3 rings (SSSR count). The highest BCUT2D eigenvalue weighted by Gasteiger charge is 2.28. The zero-order valence-electron chi connectivity index (χ0n) is 20.3. The number of aryl methyl sites for hydroxylation is 1. The Balaban J connectivity index is 0.000000280. The van der Waals surface area contributed by atoms with E-state index in [9.17, 15) is 28.3 Å². The van der Waals surface area contributed by atoms with Crippen molar-refractivity contribution < 1.29 is 23.5 Å². The van der Waals surface area contributed by atoms with Gasteiger partial charge in [0.25, 0.3) is 0 Å². The molecular weight excluding hydrogens is 444 g/mol. The molecule has 1 aliphatic rings. The van der Waals surface area contributed by atoms with E-state index in [4.69, 9.17) is 0 Å². The summed E-state index contributed by atoms with van der Waals surface area (Å²) in [4.78, 5) is 33.9. The standard InChI is InChI=1S/C11H11NO4.C8H9F2N.C6H15N/c1-6-2-3-12-4-7(5-13)10(15)11(16)8(12)9(6)14;1-11-5-6-2-3-7(9)4-8(6)10;1-3-5-7-6-4-2/h4-6,16H,2-3H2,1H3;2-4,11H,5H2,1H3;7H,3-6H2,1-2H3. The molecule has 0 amide bonds. The number of nitrogens with one attached hydrogen (secondary N) is 2. The quantitative estimate of drug-likeness (QED) is 0.414. The topological polar surface area (TPSA) is 100 Å². The lowest BCUT2D eigenvalue weighted by molar-refractivity contribution is 0.0883. The maximum Gasteiger partial charge on any atom is 0.234 e. The second kappa shape index (κ2) is 15.1. The van der Waals surface area contributed by atoms with Gasteiger partial charge in [-0.1, -0.05) is 26.8 Å². The van der Waals surface area contributed by atoms with E-state index in [1.165, 1.54) is 48.8 Å². The van der Waals surface area contributed by atoms with Crippen LogP contribution < -0.4 is 16.1 Å². The van der Waals surface area contributed by atoms with Crippen molar-refractivity contribution >= 4 is 12.1 Å². The Morgan fingerprint density at radius 1 is 1.18 bits per heavy atom. The summed E-state index contributed by atoms with van der Waals surface area (Å²) in [6.07, 6.45) is 4.86. The van der Waals surface area contributed by atoms with Crippen molar-refractivity contribution in [2.45, 2.75) is 53.1 Å². The monoisotopic (exact) mass is 479 g/mol. The highest BCUT2D eigenvalue weighted by molar-refractivity contribution is 5.99. The van der Waals surface area contributed by atoms with E-state index in [1.807, 2.05) is 0 Å². The van der Waals surface area contributed by atoms with E-state index in [-0.39, 0.29) is 23.0 Å². The van der Waals surface area contributed by atoms with Crippen molar-refractivity contribution in [3.8, 4) is 5.75 Å². The van der Waals surface area contributed by atoms with Gasteiger partial charge in [0.05, 0.1) is 5.56 Å². The largest absolute Gasteiger partial charge is 0.503 e. The van der Waals surface area contributed by atoms with Gasteiger partial charge in [-0.05, 0) is 45.5 Å². The summed E-state index contributed by atoms with van der Waals surface area (Å²) in [7, 11) is 1.71. The first kappa shape index (κ1) is 29.1. The summed E-state index contributed by atoms with van der Waals surface area (Å²) < 4.78 is 26.6. The molecule has 34 heavy (non-hydrogen) atoms. The van der Waals surface area contributed by atoms with E-state index >= 15 is 0 Å². The molecule has 0 saturated heterocycles. The number of ketones is 1. The van der Waals surface area contributed by atoms with Gasteiger partial charge in [0.1, 0.15) is 17.3 Å². The van der Waals surface area contributed by atoms with E-state index in [2.05, 4.69) is 24.5 Å². The summed E-state index contributed by atoms with van der Waals surface area (Å²) in [5.41, 5.74) is -0.393. The van der Waals surface area contributed by atoms with Gasteiger partial charge in [0.15, 0.2) is 17.8 Å². The molecule has 1 aromatic carbocycles. The molecule has 0 radical (unpaired) electrons. The van der Waals surface area contributed by atoms with Crippen molar-refractivity contribution in [1.82, 2.24) is 15.2 Å². The fourth-order valence-corrected chi connectivity index (χ4v) is 3.22. The number of benzene rings is 1. The van der Waals surface area contributed by atoms with Crippen LogP contribution in [0.2, 0.25) is 0 Å². The van der Waals surface area contributed by atoms with Crippen LogP contribution in [0.4, 0.5) is 8.78 Å². The third-order valence-corrected chi connectivity index (χ3v) is 5.13. The van der Waals surface area contributed by atoms with Gasteiger partial charge in [-0.3, -0.25) is 14.4 Å². The Hall–Kier alpha value is -2.91. The van der Waals surface area contributed by atoms with Crippen molar-refractivity contribution in [2.24, 2.45) is 5.92 Å². The molecule has 2 aromatic rings. The first-order valence-corrected chi connectivity index (χ1v) is 11.5. The molecule has 3 N–H and O–H groups in total. The third-order valence-electron chi connectivity index (χ3n) is 5.13. The molecule has 0 aliphatic carbocycles. The fraction of sp³-hybridized carbons (Fsp3) is 0.480. The molecule has 0 spiro atoms. The number of rotatable bonds is 7. The predicted molar refractivity (Wildman–Crippen MR) is 128 cm³/mol. The summed E-state index contributed by atoms with van der Waals surface area (Å²) >= 11 is 0. The van der Waals surface area contributed by atoms with Crippen LogP contribution in [0.15, 0.2) is 29.2 Å². The van der Waals surface area contributed by atoms with Gasteiger partial charge in [0, 0.05) is 36.8 Å². The number of carbonyl (C=O) groups is 2. The molecule has 0 bridgehead atoms. The van der Waals surface area contributed by atoms with Gasteiger partial charge < -0.3 is 20.3 Å². The van der Waals surface area contributed by atoms with Gasteiger partial charge in [-0.25, -0.2) is 8.78 Å². The molecule has 188 valence electrons. The minimum Gasteiger partial charge on any atom is -0.503 e. The Morgan fingerprint density at radius 2 is 1.82 bits per heavy atom. The Bertz CT molecular complexity index is 1000. The van der Waals surface area contributed by atoms with Crippen LogP contribution in [-0.2, 0) is 13.1 Å². The molecule has 0 fully saturated rings. The number of aldehydes is 1. The van der Waals surface area contributed by atoms with Gasteiger partial charge in [0.2, 0.25) is 5.43 Å². The SMILES string of the molecule is CC1CCn2cc(C=O)c(=O)c(O)c2C1=O.CCCNCCC.CNCc1ccc(F)cc1F. The lowest BCUT2D eigenvalue weighted by Gasteiger charge is -2.23. The van der Waals surface area contributed by atoms with Crippen LogP contribution in [0.5, 0.6) is 5.75 Å². The number of aromatic hydroxyl groups is 1. The molecule has 1 atom stereocenters. The third kappa shape index (κ3) is 8.46. The lowest BCUT2D eigenvalue weighted by atomic mass is 9.94. The van der Waals surface area contributed by atoms with Crippen molar-refractivity contribution in [3.05, 3.63) is 63.1 Å². The fourth-order valence-electron chi connectivity index (χ4n) is 3.22. The Labute approximate surface area is 199 Å². The Kier molecular flexibility index (Phi) is 12.9. The van der Waals surface area contributed by atoms with Crippen LogP contribution in [0.25, 0.3) is 0 Å². The summed E-state index contributed by atoms with van der Waals surface area (Å²) in [5, 5.41) is 15.7. The van der Waals surface area contributed by atoms with Crippen LogP contribution in [0, 0.1) is 17.6 Å². The van der Waals surface area contributed by atoms with Crippen molar-refractivity contribution in [3.63, 3.8) is 0 Å². The highest BCUT2D eigenvalue weighted by Crippen LogP contribution is 2.24. The van der Waals surface area contributed by atoms with Gasteiger partial charge in [-0.15, -0.1) is 0 Å². The van der Waals surface area contributed by atoms with Crippen LogP contribution in [0.1, 0.15) is 66.4 Å². The van der Waals surface area contributed by atoms with Crippen LogP contribution in [-0.4, -0.2) is 41.9 Å². The van der Waals surface area contributed by atoms with Crippen LogP contribution >= 0.6 is 0 Å². The average Bonchev–Trinajstić information content (AvgIpc) is 2.81. The van der Waals surface area contributed by atoms with Crippen LogP contribution in [0.3, 0.4) is 0 Å². The lowest BCUT2D eigenvalue weighted by Crippen LogP contribution is -2.29. The Morgan fingerprint density at radius 3 is 2.35 bits per heavy atom. The molecule has 1 aliphatic heterocycles. The maximum absolute atomic E-state index is 12.8. The van der Waals surface area contributed by atoms with Crippen molar-refractivity contribution in [1.29, 1.82) is 0 Å². The number of aromatic nitrogens is 1. The van der Waals surface area contributed by atoms with Crippen molar-refractivity contribution in [2.75, 3.05) is 20.1 Å². The number of Topliss-reactive ketones (excluding diaryl/α,β-unsaturated/α-hetero) is 1. The minimum atomic E-state index is -0.774. The first-order chi connectivity index (χ1) is 16.2. The minimum absolute atomic E-state index is 0.0225. The summed E-state index contributed by atoms with van der Waals surface area (Å²) in [6.45, 7) is 9.42. The predicted octanol–water partition coefficient (Wildman–Crippen LogP) is 3.67. The number of carbonyl (C=O) groups excluding carboxylic acids is 2. The molecule has 0 saturated carbocycles. The molecule has 1 aromatic heterocycles. The normalized spacial score (nSPS) is 14.3. The van der Waals surface area contributed by atoms with E-state index in [0.29, 0.717) is 31.4 Å². The number of hydrogen-bond acceptors (Lipinski definition) is 6. The van der Waals surface area contributed by atoms with E-state index in [1.54, 1.807) is 14.0 Å². The van der Waals surface area contributed by atoms with Gasteiger partial charge in [-0.2, -0.15) is 0 Å². The second-order valence-electron chi connectivity index (χ2n) is 7.99. The number of halogens is 2. The van der Waals surface area contributed by atoms with Gasteiger partial charge >= 0.3 is 0 Å². The number of fused-ring (bicyclic) bond motifs is 1. The zero-order valence-corrected chi connectivity index (χ0v) is 20.3. The number of nitrogens with zero attached hydrogens (tertiary/aromatic N) is 1. The first-order valence-electron chi connectivity index (χ1n) is 11.5. The maximum atomic E-state index is 12.8. The second-order valence-corrected chi connectivity index (χ2v) is 7.99. The smallest absolute Gasteiger partial charge is 0.234 e. The summed E-state index contributed by atoms with van der Waals surface area (Å²) in [5.74, 6) is -2.10. The molecule has 1 unspecified atom stereocenters. The zero-order chi connectivity index (χ0) is 25.7. The van der Waals surface area contributed by atoms with E-state index < -0.39 is 22.8 Å². The summed E-state index contributed by atoms with van der Waals surface area (Å²) in [6, 6.07) is 3.56. The molecular formula is C25H35F2N3O4. The number of hydrogen-bond donors (Lipinski definition) is 3.